The molecule has 152 valence electrons. The van der Waals surface area contributed by atoms with Gasteiger partial charge in [-0.3, -0.25) is 4.98 Å². The number of hydrogen-bond acceptors (Lipinski definition) is 4. The van der Waals surface area contributed by atoms with Crippen molar-refractivity contribution in [1.29, 1.82) is 5.26 Å². The molecular weight excluding hydrogens is 393 g/mol. The summed E-state index contributed by atoms with van der Waals surface area (Å²) < 4.78 is 49.3. The molecule has 0 aliphatic carbocycles. The van der Waals surface area contributed by atoms with Gasteiger partial charge in [-0.15, -0.1) is 0 Å². The summed E-state index contributed by atoms with van der Waals surface area (Å²) in [6.45, 7) is 0.366. The number of nitriles is 1. The van der Waals surface area contributed by atoms with Gasteiger partial charge in [0.05, 0.1) is 23.9 Å². The van der Waals surface area contributed by atoms with Gasteiger partial charge in [-0.25, -0.2) is 0 Å². The lowest BCUT2D eigenvalue weighted by Crippen LogP contribution is -2.05. The van der Waals surface area contributed by atoms with E-state index < -0.39 is 11.7 Å². The number of aromatic nitrogens is 1. The molecule has 2 aromatic carbocycles. The molecule has 0 aliphatic rings. The Morgan fingerprint density at radius 1 is 1.07 bits per heavy atom. The molecule has 30 heavy (non-hydrogen) atoms. The summed E-state index contributed by atoms with van der Waals surface area (Å²) in [5.41, 5.74) is 1.03. The van der Waals surface area contributed by atoms with E-state index in [9.17, 15) is 18.4 Å². The van der Waals surface area contributed by atoms with Crippen LogP contribution in [0.5, 0.6) is 11.5 Å². The molecule has 0 radical (unpaired) electrons. The fourth-order valence-corrected chi connectivity index (χ4v) is 2.68. The molecule has 0 unspecified atom stereocenters. The Morgan fingerprint density at radius 3 is 2.43 bits per heavy atom. The number of rotatable bonds is 6. The normalized spacial score (nSPS) is 11.6. The van der Waals surface area contributed by atoms with E-state index in [0.717, 1.165) is 11.6 Å². The van der Waals surface area contributed by atoms with E-state index in [-0.39, 0.29) is 11.3 Å². The lowest BCUT2D eigenvalue weighted by Gasteiger charge is -2.11. The number of hydrogen-bond donors (Lipinski definition) is 0. The van der Waals surface area contributed by atoms with Crippen molar-refractivity contribution in [3.05, 3.63) is 89.2 Å². The third-order valence-electron chi connectivity index (χ3n) is 4.22. The molecule has 0 saturated heterocycles. The van der Waals surface area contributed by atoms with E-state index >= 15 is 0 Å². The van der Waals surface area contributed by atoms with Gasteiger partial charge in [0, 0.05) is 6.20 Å². The molecule has 7 heteroatoms. The molecule has 0 amide bonds. The standard InChI is InChI=1S/C23H17F3N2O2/c1-29-22-12-17(7-10-21(22)30-15-16-5-3-2-4-6-16)11-18(13-27)20-9-8-19(14-28-20)23(24,25)26/h2-12,14H,15H2,1H3/b18-11+. The van der Waals surface area contributed by atoms with Crippen LogP contribution in [0.3, 0.4) is 0 Å². The molecule has 0 bridgehead atoms. The summed E-state index contributed by atoms with van der Waals surface area (Å²) in [4.78, 5) is 3.77. The van der Waals surface area contributed by atoms with Gasteiger partial charge >= 0.3 is 6.18 Å². The predicted molar refractivity (Wildman–Crippen MR) is 106 cm³/mol. The number of pyridine rings is 1. The first-order valence-corrected chi connectivity index (χ1v) is 8.91. The first-order chi connectivity index (χ1) is 14.4. The summed E-state index contributed by atoms with van der Waals surface area (Å²) in [6.07, 6.45) is -2.24. The van der Waals surface area contributed by atoms with E-state index in [4.69, 9.17) is 9.47 Å². The number of nitrogens with zero attached hydrogens (tertiary/aromatic N) is 2. The average molecular weight is 410 g/mol. The highest BCUT2D eigenvalue weighted by Crippen LogP contribution is 2.31. The zero-order chi connectivity index (χ0) is 21.6. The van der Waals surface area contributed by atoms with Crippen molar-refractivity contribution in [3.8, 4) is 17.6 Å². The minimum atomic E-state index is -4.48. The number of ether oxygens (including phenoxy) is 2. The van der Waals surface area contributed by atoms with Crippen LogP contribution in [0.15, 0.2) is 66.9 Å². The van der Waals surface area contributed by atoms with Crippen LogP contribution < -0.4 is 9.47 Å². The Bertz CT molecular complexity index is 1070. The van der Waals surface area contributed by atoms with Crippen LogP contribution in [-0.2, 0) is 12.8 Å². The van der Waals surface area contributed by atoms with Crippen molar-refractivity contribution in [2.75, 3.05) is 7.11 Å². The van der Waals surface area contributed by atoms with E-state index in [1.807, 2.05) is 36.4 Å². The summed E-state index contributed by atoms with van der Waals surface area (Å²) in [7, 11) is 1.50. The van der Waals surface area contributed by atoms with Crippen LogP contribution in [-0.4, -0.2) is 12.1 Å². The molecule has 0 fully saturated rings. The van der Waals surface area contributed by atoms with Gasteiger partial charge in [0.2, 0.25) is 0 Å². The van der Waals surface area contributed by atoms with Gasteiger partial charge in [0.25, 0.3) is 0 Å². The minimum absolute atomic E-state index is 0.128. The Hall–Kier alpha value is -3.79. The molecule has 3 aromatic rings. The van der Waals surface area contributed by atoms with Crippen LogP contribution in [0.25, 0.3) is 11.6 Å². The van der Waals surface area contributed by atoms with Crippen LogP contribution in [0.1, 0.15) is 22.4 Å². The van der Waals surface area contributed by atoms with E-state index in [1.165, 1.54) is 19.3 Å². The maximum atomic E-state index is 12.7. The Labute approximate surface area is 171 Å². The fraction of sp³-hybridized carbons (Fsp3) is 0.130. The predicted octanol–water partition coefficient (Wildman–Crippen LogP) is 5.75. The molecule has 1 aromatic heterocycles. The first-order valence-electron chi connectivity index (χ1n) is 8.91. The maximum Gasteiger partial charge on any atom is 0.417 e. The van der Waals surface area contributed by atoms with E-state index in [0.29, 0.717) is 29.9 Å². The number of benzene rings is 2. The maximum absolute atomic E-state index is 12.7. The molecule has 0 atom stereocenters. The zero-order valence-corrected chi connectivity index (χ0v) is 16.0. The smallest absolute Gasteiger partial charge is 0.417 e. The molecule has 0 aliphatic heterocycles. The van der Waals surface area contributed by atoms with E-state index in [2.05, 4.69) is 4.98 Å². The molecule has 0 saturated carbocycles. The summed E-state index contributed by atoms with van der Waals surface area (Å²) in [6, 6.07) is 18.8. The monoisotopic (exact) mass is 410 g/mol. The van der Waals surface area contributed by atoms with Gasteiger partial charge in [-0.1, -0.05) is 36.4 Å². The summed E-state index contributed by atoms with van der Waals surface area (Å²) >= 11 is 0. The SMILES string of the molecule is COc1cc(/C=C(\C#N)c2ccc(C(F)(F)F)cn2)ccc1OCc1ccccc1. The van der Waals surface area contributed by atoms with Crippen LogP contribution in [0, 0.1) is 11.3 Å². The Balaban J connectivity index is 1.82. The van der Waals surface area contributed by atoms with Crippen molar-refractivity contribution in [2.45, 2.75) is 12.8 Å². The Kier molecular flexibility index (Phi) is 6.38. The van der Waals surface area contributed by atoms with Gasteiger partial charge in [0.1, 0.15) is 12.7 Å². The van der Waals surface area contributed by atoms with Gasteiger partial charge in [0.15, 0.2) is 11.5 Å². The highest BCUT2D eigenvalue weighted by atomic mass is 19.4. The third-order valence-corrected chi connectivity index (χ3v) is 4.22. The quantitative estimate of drug-likeness (QED) is 0.486. The van der Waals surface area contributed by atoms with Crippen LogP contribution in [0.4, 0.5) is 13.2 Å². The van der Waals surface area contributed by atoms with E-state index in [1.54, 1.807) is 18.2 Å². The lowest BCUT2D eigenvalue weighted by molar-refractivity contribution is -0.137. The summed E-state index contributed by atoms with van der Waals surface area (Å²) in [5, 5.41) is 9.42. The number of halogens is 3. The topological polar surface area (TPSA) is 55.1 Å². The van der Waals surface area contributed by atoms with Crippen molar-refractivity contribution < 1.29 is 22.6 Å². The number of alkyl halides is 3. The molecule has 0 N–H and O–H groups in total. The zero-order valence-electron chi connectivity index (χ0n) is 16.0. The van der Waals surface area contributed by atoms with Crippen molar-refractivity contribution in [2.24, 2.45) is 0 Å². The molecule has 4 nitrogen and oxygen atoms in total. The van der Waals surface area contributed by atoms with Crippen LogP contribution >= 0.6 is 0 Å². The molecule has 1 heterocycles. The van der Waals surface area contributed by atoms with Gasteiger partial charge in [-0.05, 0) is 41.5 Å². The number of allylic oxidation sites excluding steroid dienone is 1. The van der Waals surface area contributed by atoms with Gasteiger partial charge in [-0.2, -0.15) is 18.4 Å². The molecular formula is C23H17F3N2O2. The van der Waals surface area contributed by atoms with Crippen molar-refractivity contribution >= 4 is 11.6 Å². The number of methoxy groups -OCH3 is 1. The minimum Gasteiger partial charge on any atom is -0.493 e. The Morgan fingerprint density at radius 2 is 1.83 bits per heavy atom. The fourth-order valence-electron chi connectivity index (χ4n) is 2.68. The highest BCUT2D eigenvalue weighted by molar-refractivity contribution is 5.88. The second-order valence-electron chi connectivity index (χ2n) is 6.28. The largest absolute Gasteiger partial charge is 0.493 e. The second kappa shape index (κ2) is 9.14. The molecule has 3 rings (SSSR count). The van der Waals surface area contributed by atoms with Crippen molar-refractivity contribution in [3.63, 3.8) is 0 Å². The highest BCUT2D eigenvalue weighted by Gasteiger charge is 2.30. The second-order valence-corrected chi connectivity index (χ2v) is 6.28. The lowest BCUT2D eigenvalue weighted by atomic mass is 10.1. The summed E-state index contributed by atoms with van der Waals surface area (Å²) in [5.74, 6) is 1.00. The average Bonchev–Trinajstić information content (AvgIpc) is 2.76. The van der Waals surface area contributed by atoms with Gasteiger partial charge < -0.3 is 9.47 Å². The van der Waals surface area contributed by atoms with Crippen LogP contribution in [0.2, 0.25) is 0 Å². The first kappa shape index (κ1) is 20.9. The molecule has 0 spiro atoms. The third kappa shape index (κ3) is 5.17. The van der Waals surface area contributed by atoms with Crippen molar-refractivity contribution in [1.82, 2.24) is 4.98 Å².